The molecule has 0 amide bonds. The van der Waals surface area contributed by atoms with Crippen molar-refractivity contribution >= 4 is 17.3 Å². The molecule has 3 nitrogen and oxygen atoms in total. The molecule has 0 aliphatic heterocycles. The van der Waals surface area contributed by atoms with Gasteiger partial charge in [0.2, 0.25) is 0 Å². The summed E-state index contributed by atoms with van der Waals surface area (Å²) < 4.78 is 0. The third-order valence-corrected chi connectivity index (χ3v) is 2.53. The molecule has 4 heteroatoms. The van der Waals surface area contributed by atoms with Crippen molar-refractivity contribution in [2.24, 2.45) is 0 Å². The van der Waals surface area contributed by atoms with E-state index >= 15 is 0 Å². The standard InChI is InChI=1S/C12H15ClN2O/c1-9(16)3-2-6-15-11-5-4-10(8-14)12(13)7-11/h4-5,7,9,15-16H,2-3,6H2,1H3. The number of nitrogens with zero attached hydrogens (tertiary/aromatic N) is 1. The molecular formula is C12H15ClN2O. The Morgan fingerprint density at radius 1 is 1.56 bits per heavy atom. The van der Waals surface area contributed by atoms with E-state index in [1.807, 2.05) is 12.1 Å². The van der Waals surface area contributed by atoms with Gasteiger partial charge in [-0.25, -0.2) is 0 Å². The van der Waals surface area contributed by atoms with Crippen LogP contribution in [-0.4, -0.2) is 17.8 Å². The molecule has 0 aliphatic carbocycles. The summed E-state index contributed by atoms with van der Waals surface area (Å²) in [6.07, 6.45) is 1.41. The van der Waals surface area contributed by atoms with Gasteiger partial charge in [-0.3, -0.25) is 0 Å². The van der Waals surface area contributed by atoms with Crippen LogP contribution < -0.4 is 5.32 Å². The Kier molecular flexibility index (Phi) is 5.10. The van der Waals surface area contributed by atoms with Crippen LogP contribution in [0.5, 0.6) is 0 Å². The molecule has 1 unspecified atom stereocenters. The zero-order chi connectivity index (χ0) is 12.0. The van der Waals surface area contributed by atoms with Gasteiger partial charge in [0.05, 0.1) is 16.7 Å². The number of aliphatic hydroxyl groups excluding tert-OH is 1. The Morgan fingerprint density at radius 2 is 2.31 bits per heavy atom. The summed E-state index contributed by atoms with van der Waals surface area (Å²) in [5.41, 5.74) is 1.38. The van der Waals surface area contributed by atoms with Crippen molar-refractivity contribution in [2.45, 2.75) is 25.9 Å². The first kappa shape index (κ1) is 12.8. The second-order valence-electron chi connectivity index (χ2n) is 3.72. The summed E-state index contributed by atoms with van der Waals surface area (Å²) in [5, 5.41) is 21.4. The summed E-state index contributed by atoms with van der Waals surface area (Å²) in [6.45, 7) is 2.56. The fourth-order valence-electron chi connectivity index (χ4n) is 1.35. The van der Waals surface area contributed by atoms with E-state index in [0.717, 1.165) is 25.1 Å². The summed E-state index contributed by atoms with van der Waals surface area (Å²) in [6, 6.07) is 7.27. The Morgan fingerprint density at radius 3 is 2.88 bits per heavy atom. The number of hydrogen-bond acceptors (Lipinski definition) is 3. The van der Waals surface area contributed by atoms with Crippen LogP contribution in [0.2, 0.25) is 5.02 Å². The molecule has 86 valence electrons. The summed E-state index contributed by atoms with van der Waals surface area (Å²) in [5.74, 6) is 0. The molecule has 0 aromatic heterocycles. The maximum atomic E-state index is 9.08. The van der Waals surface area contributed by atoms with E-state index in [0.29, 0.717) is 10.6 Å². The van der Waals surface area contributed by atoms with Crippen molar-refractivity contribution in [3.8, 4) is 6.07 Å². The van der Waals surface area contributed by atoms with Gasteiger partial charge >= 0.3 is 0 Å². The fraction of sp³-hybridized carbons (Fsp3) is 0.417. The largest absolute Gasteiger partial charge is 0.393 e. The van der Waals surface area contributed by atoms with Gasteiger partial charge in [0.15, 0.2) is 0 Å². The lowest BCUT2D eigenvalue weighted by Gasteiger charge is -2.08. The topological polar surface area (TPSA) is 56.0 Å². The molecule has 0 spiro atoms. The average Bonchev–Trinajstić information content (AvgIpc) is 2.24. The van der Waals surface area contributed by atoms with E-state index in [4.69, 9.17) is 22.0 Å². The van der Waals surface area contributed by atoms with E-state index in [1.54, 1.807) is 19.1 Å². The zero-order valence-electron chi connectivity index (χ0n) is 9.20. The predicted octanol–water partition coefficient (Wildman–Crippen LogP) is 2.78. The first-order chi connectivity index (χ1) is 7.63. The lowest BCUT2D eigenvalue weighted by atomic mass is 10.2. The van der Waals surface area contributed by atoms with Crippen molar-refractivity contribution in [3.05, 3.63) is 28.8 Å². The normalized spacial score (nSPS) is 11.9. The van der Waals surface area contributed by atoms with Crippen molar-refractivity contribution in [3.63, 3.8) is 0 Å². The number of hydrogen-bond donors (Lipinski definition) is 2. The number of rotatable bonds is 5. The van der Waals surface area contributed by atoms with Gasteiger partial charge < -0.3 is 10.4 Å². The first-order valence-electron chi connectivity index (χ1n) is 5.25. The number of aliphatic hydroxyl groups is 1. The minimum atomic E-state index is -0.258. The Balaban J connectivity index is 2.44. The van der Waals surface area contributed by atoms with Crippen LogP contribution >= 0.6 is 11.6 Å². The highest BCUT2D eigenvalue weighted by molar-refractivity contribution is 6.32. The Labute approximate surface area is 101 Å². The van der Waals surface area contributed by atoms with Crippen molar-refractivity contribution < 1.29 is 5.11 Å². The van der Waals surface area contributed by atoms with E-state index in [9.17, 15) is 0 Å². The summed E-state index contributed by atoms with van der Waals surface area (Å²) in [7, 11) is 0. The Hall–Kier alpha value is -1.24. The van der Waals surface area contributed by atoms with Crippen LogP contribution in [0.4, 0.5) is 5.69 Å². The molecule has 0 heterocycles. The lowest BCUT2D eigenvalue weighted by Crippen LogP contribution is -2.06. The average molecular weight is 239 g/mol. The fourth-order valence-corrected chi connectivity index (χ4v) is 1.57. The van der Waals surface area contributed by atoms with Gasteiger partial charge in [0.25, 0.3) is 0 Å². The monoisotopic (exact) mass is 238 g/mol. The third kappa shape index (κ3) is 4.09. The number of halogens is 1. The highest BCUT2D eigenvalue weighted by Gasteiger charge is 2.00. The quantitative estimate of drug-likeness (QED) is 0.776. The van der Waals surface area contributed by atoms with E-state index < -0.39 is 0 Å². The molecule has 16 heavy (non-hydrogen) atoms. The molecule has 1 atom stereocenters. The second kappa shape index (κ2) is 6.37. The van der Waals surface area contributed by atoms with Crippen molar-refractivity contribution in [2.75, 3.05) is 11.9 Å². The zero-order valence-corrected chi connectivity index (χ0v) is 9.96. The van der Waals surface area contributed by atoms with E-state index in [1.165, 1.54) is 0 Å². The molecule has 1 aromatic rings. The highest BCUT2D eigenvalue weighted by Crippen LogP contribution is 2.20. The summed E-state index contributed by atoms with van der Waals surface area (Å²) >= 11 is 5.89. The van der Waals surface area contributed by atoms with Gasteiger partial charge in [-0.15, -0.1) is 0 Å². The number of nitriles is 1. The second-order valence-corrected chi connectivity index (χ2v) is 4.13. The van der Waals surface area contributed by atoms with Crippen LogP contribution in [0, 0.1) is 11.3 Å². The van der Waals surface area contributed by atoms with Gasteiger partial charge in [-0.05, 0) is 38.0 Å². The van der Waals surface area contributed by atoms with Gasteiger partial charge in [-0.2, -0.15) is 5.26 Å². The first-order valence-corrected chi connectivity index (χ1v) is 5.63. The number of benzene rings is 1. The molecule has 1 aromatic carbocycles. The molecule has 0 radical (unpaired) electrons. The molecule has 2 N–H and O–H groups in total. The maximum Gasteiger partial charge on any atom is 0.101 e. The molecule has 0 saturated carbocycles. The molecule has 1 rings (SSSR count). The number of anilines is 1. The molecule has 0 saturated heterocycles. The van der Waals surface area contributed by atoms with Gasteiger partial charge in [0.1, 0.15) is 6.07 Å². The Bertz CT molecular complexity index is 385. The molecular weight excluding hydrogens is 224 g/mol. The SMILES string of the molecule is CC(O)CCCNc1ccc(C#N)c(Cl)c1. The maximum absolute atomic E-state index is 9.08. The smallest absolute Gasteiger partial charge is 0.101 e. The van der Waals surface area contributed by atoms with Gasteiger partial charge in [0, 0.05) is 12.2 Å². The van der Waals surface area contributed by atoms with Crippen LogP contribution in [0.3, 0.4) is 0 Å². The lowest BCUT2D eigenvalue weighted by molar-refractivity contribution is 0.183. The minimum Gasteiger partial charge on any atom is -0.393 e. The molecule has 0 bridgehead atoms. The highest BCUT2D eigenvalue weighted by atomic mass is 35.5. The minimum absolute atomic E-state index is 0.258. The van der Waals surface area contributed by atoms with Crippen LogP contribution in [0.15, 0.2) is 18.2 Å². The van der Waals surface area contributed by atoms with Crippen molar-refractivity contribution in [1.29, 1.82) is 5.26 Å². The van der Waals surface area contributed by atoms with Crippen molar-refractivity contribution in [1.82, 2.24) is 0 Å². The molecule has 0 fully saturated rings. The van der Waals surface area contributed by atoms with E-state index in [2.05, 4.69) is 5.32 Å². The number of nitrogens with one attached hydrogen (secondary N) is 1. The van der Waals surface area contributed by atoms with E-state index in [-0.39, 0.29) is 6.10 Å². The van der Waals surface area contributed by atoms with Crippen LogP contribution in [-0.2, 0) is 0 Å². The predicted molar refractivity (Wildman–Crippen MR) is 65.6 cm³/mol. The molecule has 0 aliphatic rings. The van der Waals surface area contributed by atoms with Crippen LogP contribution in [0.1, 0.15) is 25.3 Å². The third-order valence-electron chi connectivity index (χ3n) is 2.22. The van der Waals surface area contributed by atoms with Crippen LogP contribution in [0.25, 0.3) is 0 Å². The van der Waals surface area contributed by atoms with Gasteiger partial charge in [-0.1, -0.05) is 11.6 Å². The summed E-state index contributed by atoms with van der Waals surface area (Å²) in [4.78, 5) is 0.